The number of aryl methyl sites for hydroxylation is 2. The van der Waals surface area contributed by atoms with Crippen LogP contribution in [0.2, 0.25) is 0 Å². The number of imide groups is 1. The second-order valence-corrected chi connectivity index (χ2v) is 10.7. The van der Waals surface area contributed by atoms with Crippen LogP contribution in [0.1, 0.15) is 57.7 Å². The summed E-state index contributed by atoms with van der Waals surface area (Å²) in [6.45, 7) is 3.96. The van der Waals surface area contributed by atoms with E-state index >= 15 is 0 Å². The second-order valence-electron chi connectivity index (χ2n) is 9.64. The van der Waals surface area contributed by atoms with Gasteiger partial charge < -0.3 is 4.74 Å². The first-order chi connectivity index (χ1) is 18.0. The monoisotopic (exact) mass is 516 g/mol. The Balaban J connectivity index is 1.45. The first-order valence-electron chi connectivity index (χ1n) is 12.8. The van der Waals surface area contributed by atoms with Gasteiger partial charge in [-0.3, -0.25) is 14.4 Å². The minimum absolute atomic E-state index is 0.223. The fourth-order valence-corrected chi connectivity index (χ4v) is 7.13. The van der Waals surface area contributed by atoms with Crippen molar-refractivity contribution in [1.82, 2.24) is 0 Å². The van der Waals surface area contributed by atoms with Gasteiger partial charge in [0, 0.05) is 4.88 Å². The van der Waals surface area contributed by atoms with Crippen molar-refractivity contribution in [3.63, 3.8) is 0 Å². The molecule has 0 spiro atoms. The number of anilines is 2. The third kappa shape index (κ3) is 3.78. The molecule has 37 heavy (non-hydrogen) atoms. The van der Waals surface area contributed by atoms with Gasteiger partial charge in [0.25, 0.3) is 5.91 Å². The van der Waals surface area contributed by atoms with Crippen molar-refractivity contribution in [3.8, 4) is 0 Å². The molecule has 3 aromatic rings. The molecule has 190 valence electrons. The fourth-order valence-electron chi connectivity index (χ4n) is 5.75. The third-order valence-corrected chi connectivity index (χ3v) is 8.72. The standard InChI is InChI=1S/C29H28N2O5S/c1-3-35-29(34)22-19-14-8-10-16-21(19)37-28(22)30-26(32)23-24(18-12-5-4-6-13-18)31(36-25(23)27(30)33)20-15-9-7-11-17(20)2/h4-7,9,11-13,15,23-25H,3,8,10,14,16H2,1-2H3/t23-,24+,25-/m0/s1. The number of hydrogen-bond acceptors (Lipinski definition) is 7. The lowest BCUT2D eigenvalue weighted by Gasteiger charge is -2.29. The van der Waals surface area contributed by atoms with Crippen LogP contribution in [0.25, 0.3) is 0 Å². The number of carbonyl (C=O) groups excluding carboxylic acids is 3. The number of rotatable bonds is 5. The summed E-state index contributed by atoms with van der Waals surface area (Å²) in [7, 11) is 0. The zero-order valence-corrected chi connectivity index (χ0v) is 21.6. The summed E-state index contributed by atoms with van der Waals surface area (Å²) in [6, 6.07) is 17.0. The summed E-state index contributed by atoms with van der Waals surface area (Å²) in [5.41, 5.74) is 3.98. The molecule has 2 aliphatic heterocycles. The minimum Gasteiger partial charge on any atom is -0.462 e. The molecular weight excluding hydrogens is 488 g/mol. The van der Waals surface area contributed by atoms with Gasteiger partial charge in [0.05, 0.1) is 23.9 Å². The Morgan fingerprint density at radius 1 is 1.03 bits per heavy atom. The van der Waals surface area contributed by atoms with Crippen molar-refractivity contribution in [2.75, 3.05) is 16.6 Å². The summed E-state index contributed by atoms with van der Waals surface area (Å²) < 4.78 is 5.37. The summed E-state index contributed by atoms with van der Waals surface area (Å²) in [5.74, 6) is -2.00. The molecule has 0 bridgehead atoms. The molecule has 2 saturated heterocycles. The van der Waals surface area contributed by atoms with Gasteiger partial charge in [0.15, 0.2) is 6.10 Å². The molecule has 7 nitrogen and oxygen atoms in total. The van der Waals surface area contributed by atoms with Gasteiger partial charge in [-0.15, -0.1) is 11.3 Å². The number of benzene rings is 2. The molecule has 2 aromatic carbocycles. The van der Waals surface area contributed by atoms with Crippen LogP contribution in [-0.4, -0.2) is 30.5 Å². The van der Waals surface area contributed by atoms with Gasteiger partial charge in [-0.1, -0.05) is 48.5 Å². The van der Waals surface area contributed by atoms with E-state index in [1.807, 2.05) is 61.5 Å². The highest BCUT2D eigenvalue weighted by molar-refractivity contribution is 7.17. The predicted molar refractivity (Wildman–Crippen MR) is 141 cm³/mol. The Kier molecular flexibility index (Phi) is 6.09. The zero-order chi connectivity index (χ0) is 25.7. The number of carbonyl (C=O) groups is 3. The van der Waals surface area contributed by atoms with Crippen molar-refractivity contribution in [2.24, 2.45) is 5.92 Å². The smallest absolute Gasteiger partial charge is 0.341 e. The summed E-state index contributed by atoms with van der Waals surface area (Å²) in [5, 5.41) is 2.10. The average molecular weight is 517 g/mol. The van der Waals surface area contributed by atoms with Gasteiger partial charge in [-0.25, -0.2) is 14.8 Å². The van der Waals surface area contributed by atoms with Crippen molar-refractivity contribution >= 4 is 39.8 Å². The lowest BCUT2D eigenvalue weighted by atomic mass is 9.90. The first-order valence-corrected chi connectivity index (χ1v) is 13.6. The van der Waals surface area contributed by atoms with E-state index in [0.29, 0.717) is 10.6 Å². The van der Waals surface area contributed by atoms with Crippen LogP contribution >= 0.6 is 11.3 Å². The van der Waals surface area contributed by atoms with E-state index < -0.39 is 29.9 Å². The maximum atomic E-state index is 14.1. The molecule has 8 heteroatoms. The maximum Gasteiger partial charge on any atom is 0.341 e. The second kappa shape index (κ2) is 9.43. The SMILES string of the molecule is CCOC(=O)c1c(N2C(=O)[C@@H]3[C@H](ON(c4ccccc4C)[C@@H]3c3ccccc3)C2=O)sc2c1CCCC2. The number of thiophene rings is 1. The Morgan fingerprint density at radius 2 is 1.76 bits per heavy atom. The van der Waals surface area contributed by atoms with Gasteiger partial charge in [0.1, 0.15) is 10.9 Å². The number of esters is 1. The van der Waals surface area contributed by atoms with Gasteiger partial charge in [-0.05, 0) is 62.3 Å². The molecule has 0 saturated carbocycles. The van der Waals surface area contributed by atoms with Crippen LogP contribution in [0.4, 0.5) is 10.7 Å². The maximum absolute atomic E-state index is 14.1. The third-order valence-electron chi connectivity index (χ3n) is 7.44. The van der Waals surface area contributed by atoms with E-state index in [1.54, 1.807) is 12.0 Å². The van der Waals surface area contributed by atoms with Gasteiger partial charge in [-0.2, -0.15) is 0 Å². The van der Waals surface area contributed by atoms with Crippen LogP contribution in [0.15, 0.2) is 54.6 Å². The Labute approximate surface area is 219 Å². The fraction of sp³-hybridized carbons (Fsp3) is 0.345. The number of nitrogens with zero attached hydrogens (tertiary/aromatic N) is 2. The Hall–Kier alpha value is -3.49. The number of ether oxygens (including phenoxy) is 1. The van der Waals surface area contributed by atoms with Gasteiger partial charge >= 0.3 is 5.97 Å². The van der Waals surface area contributed by atoms with E-state index in [1.165, 1.54) is 16.2 Å². The molecule has 0 radical (unpaired) electrons. The number of fused-ring (bicyclic) bond motifs is 2. The molecule has 1 aromatic heterocycles. The number of para-hydroxylation sites is 1. The van der Waals surface area contributed by atoms with Crippen molar-refractivity contribution in [3.05, 3.63) is 81.7 Å². The van der Waals surface area contributed by atoms with Crippen molar-refractivity contribution in [1.29, 1.82) is 0 Å². The summed E-state index contributed by atoms with van der Waals surface area (Å²) >= 11 is 1.37. The van der Waals surface area contributed by atoms with E-state index in [0.717, 1.165) is 52.9 Å². The number of hydroxylamine groups is 1. The van der Waals surface area contributed by atoms with E-state index in [9.17, 15) is 14.4 Å². The molecule has 0 N–H and O–H groups in total. The lowest BCUT2D eigenvalue weighted by molar-refractivity contribution is -0.126. The van der Waals surface area contributed by atoms with Crippen LogP contribution in [0.3, 0.4) is 0 Å². The van der Waals surface area contributed by atoms with Crippen LogP contribution in [0.5, 0.6) is 0 Å². The number of hydrogen-bond donors (Lipinski definition) is 0. The number of amides is 2. The molecule has 2 amide bonds. The topological polar surface area (TPSA) is 76.2 Å². The zero-order valence-electron chi connectivity index (χ0n) is 20.8. The highest BCUT2D eigenvalue weighted by Gasteiger charge is 2.61. The van der Waals surface area contributed by atoms with E-state index in [4.69, 9.17) is 9.57 Å². The van der Waals surface area contributed by atoms with Crippen LogP contribution < -0.4 is 9.96 Å². The quantitative estimate of drug-likeness (QED) is 0.344. The van der Waals surface area contributed by atoms with Crippen molar-refractivity contribution in [2.45, 2.75) is 51.7 Å². The molecule has 3 heterocycles. The summed E-state index contributed by atoms with van der Waals surface area (Å²) in [4.78, 5) is 49.7. The van der Waals surface area contributed by atoms with Crippen molar-refractivity contribution < 1.29 is 24.0 Å². The highest BCUT2D eigenvalue weighted by Crippen LogP contribution is 2.50. The lowest BCUT2D eigenvalue weighted by Crippen LogP contribution is -2.38. The highest BCUT2D eigenvalue weighted by atomic mass is 32.1. The van der Waals surface area contributed by atoms with Crippen LogP contribution in [-0.2, 0) is 32.0 Å². The van der Waals surface area contributed by atoms with Gasteiger partial charge in [0.2, 0.25) is 5.91 Å². The first kappa shape index (κ1) is 23.9. The Morgan fingerprint density at radius 3 is 2.51 bits per heavy atom. The normalized spacial score (nSPS) is 22.8. The predicted octanol–water partition coefficient (Wildman–Crippen LogP) is 5.16. The molecular formula is C29H28N2O5S. The van der Waals surface area contributed by atoms with Crippen LogP contribution in [0, 0.1) is 12.8 Å². The average Bonchev–Trinajstić information content (AvgIpc) is 3.55. The largest absolute Gasteiger partial charge is 0.462 e. The molecule has 2 fully saturated rings. The molecule has 0 unspecified atom stereocenters. The molecule has 3 atom stereocenters. The minimum atomic E-state index is -0.980. The molecule has 1 aliphatic carbocycles. The van der Waals surface area contributed by atoms with E-state index in [2.05, 4.69) is 0 Å². The van der Waals surface area contributed by atoms with E-state index in [-0.39, 0.29) is 12.5 Å². The molecule has 3 aliphatic rings. The Bertz CT molecular complexity index is 1380. The molecule has 6 rings (SSSR count). The summed E-state index contributed by atoms with van der Waals surface area (Å²) in [6.07, 6.45) is 2.58.